The Morgan fingerprint density at radius 2 is 1.97 bits per heavy atom. The fraction of sp³-hybridized carbons (Fsp3) is 0.385. The lowest BCUT2D eigenvalue weighted by Crippen LogP contribution is -2.51. The number of benzene rings is 2. The van der Waals surface area contributed by atoms with Crippen LogP contribution >= 0.6 is 12.4 Å². The smallest absolute Gasteiger partial charge is 0.251 e. The van der Waals surface area contributed by atoms with Gasteiger partial charge in [0.2, 0.25) is 0 Å². The number of aromatic nitrogens is 1. The fourth-order valence-corrected chi connectivity index (χ4v) is 4.68. The minimum atomic E-state index is -1.22. The van der Waals surface area contributed by atoms with Crippen molar-refractivity contribution in [3.8, 4) is 16.9 Å². The van der Waals surface area contributed by atoms with Crippen molar-refractivity contribution in [3.63, 3.8) is 0 Å². The maximum absolute atomic E-state index is 14.8. The fourth-order valence-electron chi connectivity index (χ4n) is 4.68. The Kier molecular flexibility index (Phi) is 7.15. The van der Waals surface area contributed by atoms with E-state index < -0.39 is 18.4 Å². The predicted octanol–water partition coefficient (Wildman–Crippen LogP) is 5.13. The van der Waals surface area contributed by atoms with Crippen molar-refractivity contribution in [2.45, 2.75) is 44.6 Å². The van der Waals surface area contributed by atoms with Crippen LogP contribution in [0.1, 0.15) is 24.8 Å². The SMILES string of the molecule is Cc1c(-c2ccc(O[C@@H]3CCN(C(=O)[C@H]4CCCO4)C[C@@H]3F)cc2)ccc2cccnc12.Cl. The van der Waals surface area contributed by atoms with Gasteiger partial charge < -0.3 is 14.4 Å². The second-order valence-corrected chi connectivity index (χ2v) is 8.58. The highest BCUT2D eigenvalue weighted by molar-refractivity contribution is 5.88. The molecule has 3 aromatic rings. The van der Waals surface area contributed by atoms with Crippen LogP contribution in [-0.2, 0) is 9.53 Å². The zero-order valence-electron chi connectivity index (χ0n) is 18.6. The molecule has 2 fully saturated rings. The van der Waals surface area contributed by atoms with Crippen LogP contribution in [0, 0.1) is 6.92 Å². The number of hydrogen-bond acceptors (Lipinski definition) is 4. The number of piperidine rings is 1. The van der Waals surface area contributed by atoms with Gasteiger partial charge >= 0.3 is 0 Å². The number of fused-ring (bicyclic) bond motifs is 1. The molecule has 0 unspecified atom stereocenters. The minimum absolute atomic E-state index is 0. The molecule has 2 aliphatic heterocycles. The largest absolute Gasteiger partial charge is 0.487 e. The molecule has 1 amide bonds. The van der Waals surface area contributed by atoms with Gasteiger partial charge in [-0.25, -0.2) is 4.39 Å². The standard InChI is InChI=1S/C26H27FN2O3.ClH/c1-17-21(11-8-19-4-2-13-28-25(17)19)18-6-9-20(10-7-18)32-23-12-14-29(16-22(23)27)26(30)24-5-3-15-31-24;/h2,4,6-11,13,22-24H,3,5,12,14-16H2,1H3;1H/t22-,23+,24+;/m0./s1. The second-order valence-electron chi connectivity index (χ2n) is 8.58. The van der Waals surface area contributed by atoms with E-state index in [2.05, 4.69) is 30.1 Å². The molecule has 3 atom stereocenters. The van der Waals surface area contributed by atoms with Crippen LogP contribution in [0.2, 0.25) is 0 Å². The number of carbonyl (C=O) groups excluding carboxylic acids is 1. The molecule has 0 spiro atoms. The summed E-state index contributed by atoms with van der Waals surface area (Å²) in [7, 11) is 0. The molecule has 2 aliphatic rings. The average molecular weight is 471 g/mol. The Morgan fingerprint density at radius 3 is 2.70 bits per heavy atom. The molecule has 2 aromatic carbocycles. The Morgan fingerprint density at radius 1 is 1.15 bits per heavy atom. The van der Waals surface area contributed by atoms with Crippen LogP contribution in [-0.4, -0.2) is 53.9 Å². The number of likely N-dealkylation sites (tertiary alicyclic amines) is 1. The van der Waals surface area contributed by atoms with Gasteiger partial charge in [-0.2, -0.15) is 0 Å². The molecule has 7 heteroatoms. The highest BCUT2D eigenvalue weighted by Gasteiger charge is 2.36. The highest BCUT2D eigenvalue weighted by Crippen LogP contribution is 2.31. The van der Waals surface area contributed by atoms with Crippen molar-refractivity contribution in [2.75, 3.05) is 19.7 Å². The normalized spacial score (nSPS) is 22.7. The molecule has 0 radical (unpaired) electrons. The van der Waals surface area contributed by atoms with E-state index in [9.17, 15) is 9.18 Å². The van der Waals surface area contributed by atoms with Crippen LogP contribution in [0.4, 0.5) is 4.39 Å². The lowest BCUT2D eigenvalue weighted by atomic mass is 9.98. The van der Waals surface area contributed by atoms with Crippen LogP contribution in [0.15, 0.2) is 54.7 Å². The number of aryl methyl sites for hydroxylation is 1. The van der Waals surface area contributed by atoms with Crippen molar-refractivity contribution in [2.24, 2.45) is 0 Å². The number of alkyl halides is 1. The molecular weight excluding hydrogens is 443 g/mol. The van der Waals surface area contributed by atoms with Gasteiger partial charge in [-0.3, -0.25) is 9.78 Å². The van der Waals surface area contributed by atoms with E-state index >= 15 is 0 Å². The van der Waals surface area contributed by atoms with Crippen LogP contribution in [0.3, 0.4) is 0 Å². The van der Waals surface area contributed by atoms with Gasteiger partial charge in [0.1, 0.15) is 18.0 Å². The summed E-state index contributed by atoms with van der Waals surface area (Å²) in [6, 6.07) is 15.9. The first-order valence-corrected chi connectivity index (χ1v) is 11.3. The van der Waals surface area contributed by atoms with E-state index in [1.807, 2.05) is 36.5 Å². The third-order valence-electron chi connectivity index (χ3n) is 6.48. The van der Waals surface area contributed by atoms with Crippen molar-refractivity contribution in [3.05, 3.63) is 60.3 Å². The monoisotopic (exact) mass is 470 g/mol. The number of halogens is 2. The molecule has 0 N–H and O–H groups in total. The molecule has 174 valence electrons. The van der Waals surface area contributed by atoms with Crippen molar-refractivity contribution in [1.82, 2.24) is 9.88 Å². The average Bonchev–Trinajstić information content (AvgIpc) is 3.36. The summed E-state index contributed by atoms with van der Waals surface area (Å²) in [5.41, 5.74) is 4.31. The van der Waals surface area contributed by atoms with Gasteiger partial charge in [-0.1, -0.05) is 30.3 Å². The summed E-state index contributed by atoms with van der Waals surface area (Å²) in [5.74, 6) is 0.546. The van der Waals surface area contributed by atoms with E-state index in [-0.39, 0.29) is 24.9 Å². The van der Waals surface area contributed by atoms with Gasteiger partial charge in [0.05, 0.1) is 12.1 Å². The maximum atomic E-state index is 14.8. The molecule has 0 bridgehead atoms. The van der Waals surface area contributed by atoms with Crippen molar-refractivity contribution < 1.29 is 18.7 Å². The molecular formula is C26H28ClFN2O3. The van der Waals surface area contributed by atoms with E-state index in [0.717, 1.165) is 40.4 Å². The van der Waals surface area contributed by atoms with Crippen LogP contribution in [0.25, 0.3) is 22.0 Å². The molecule has 2 saturated heterocycles. The lowest BCUT2D eigenvalue weighted by molar-refractivity contribution is -0.144. The van der Waals surface area contributed by atoms with Gasteiger partial charge in [0.25, 0.3) is 5.91 Å². The number of hydrogen-bond donors (Lipinski definition) is 0. The van der Waals surface area contributed by atoms with Crippen molar-refractivity contribution in [1.29, 1.82) is 0 Å². The molecule has 33 heavy (non-hydrogen) atoms. The zero-order chi connectivity index (χ0) is 22.1. The maximum Gasteiger partial charge on any atom is 0.251 e. The number of carbonyl (C=O) groups is 1. The Hall–Kier alpha value is -2.70. The quantitative estimate of drug-likeness (QED) is 0.530. The first kappa shape index (κ1) is 23.5. The van der Waals surface area contributed by atoms with Gasteiger partial charge in [-0.15, -0.1) is 12.4 Å². The molecule has 1 aromatic heterocycles. The van der Waals surface area contributed by atoms with Gasteiger partial charge in [0.15, 0.2) is 6.17 Å². The van der Waals surface area contributed by atoms with Crippen LogP contribution in [0.5, 0.6) is 5.75 Å². The summed E-state index contributed by atoms with van der Waals surface area (Å²) in [6.45, 7) is 3.24. The summed E-state index contributed by atoms with van der Waals surface area (Å²) < 4.78 is 26.2. The van der Waals surface area contributed by atoms with E-state index in [0.29, 0.717) is 25.3 Å². The Labute approximate surface area is 199 Å². The topological polar surface area (TPSA) is 51.7 Å². The minimum Gasteiger partial charge on any atom is -0.487 e. The molecule has 0 saturated carbocycles. The third-order valence-corrected chi connectivity index (χ3v) is 6.48. The Balaban J connectivity index is 0.00000259. The van der Waals surface area contributed by atoms with Crippen LogP contribution < -0.4 is 4.74 Å². The van der Waals surface area contributed by atoms with Gasteiger partial charge in [-0.05, 0) is 54.7 Å². The summed E-state index contributed by atoms with van der Waals surface area (Å²) in [4.78, 5) is 18.6. The van der Waals surface area contributed by atoms with Gasteiger partial charge in [0, 0.05) is 31.2 Å². The first-order valence-electron chi connectivity index (χ1n) is 11.3. The molecule has 0 aliphatic carbocycles. The number of nitrogens with zero attached hydrogens (tertiary/aromatic N) is 2. The van der Waals surface area contributed by atoms with E-state index in [1.54, 1.807) is 4.90 Å². The third kappa shape index (κ3) is 4.82. The molecule has 5 nitrogen and oxygen atoms in total. The Bertz CT molecular complexity index is 1120. The molecule has 3 heterocycles. The first-order chi connectivity index (χ1) is 15.6. The number of rotatable bonds is 4. The second kappa shape index (κ2) is 10.1. The highest BCUT2D eigenvalue weighted by atomic mass is 35.5. The molecule has 5 rings (SSSR count). The zero-order valence-corrected chi connectivity index (χ0v) is 19.4. The number of amides is 1. The summed E-state index contributed by atoms with van der Waals surface area (Å²) in [5, 5.41) is 1.12. The predicted molar refractivity (Wildman–Crippen MR) is 129 cm³/mol. The lowest BCUT2D eigenvalue weighted by Gasteiger charge is -2.35. The van der Waals surface area contributed by atoms with Crippen molar-refractivity contribution >= 4 is 29.2 Å². The van der Waals surface area contributed by atoms with E-state index in [4.69, 9.17) is 9.47 Å². The number of pyridine rings is 1. The summed E-state index contributed by atoms with van der Waals surface area (Å²) in [6.07, 6.45) is 1.72. The number of ether oxygens (including phenoxy) is 2. The summed E-state index contributed by atoms with van der Waals surface area (Å²) >= 11 is 0. The van der Waals surface area contributed by atoms with E-state index in [1.165, 1.54) is 0 Å².